The Labute approximate surface area is 220 Å². The van der Waals surface area contributed by atoms with Gasteiger partial charge in [0, 0.05) is 30.6 Å². The summed E-state index contributed by atoms with van der Waals surface area (Å²) in [6, 6.07) is 12.3. The van der Waals surface area contributed by atoms with Crippen molar-refractivity contribution in [1.82, 2.24) is 10.2 Å². The van der Waals surface area contributed by atoms with E-state index in [0.717, 1.165) is 23.8 Å². The smallest absolute Gasteiger partial charge is 0.242 e. The summed E-state index contributed by atoms with van der Waals surface area (Å²) in [7, 11) is -3.59. The van der Waals surface area contributed by atoms with E-state index >= 15 is 0 Å². The number of hydrogen-bond donors (Lipinski definition) is 1. The first-order valence-electron chi connectivity index (χ1n) is 12.2. The molecule has 2 aromatic carbocycles. The Hall–Kier alpha value is -2.58. The molecule has 0 aliphatic rings. The molecule has 2 aromatic rings. The van der Waals surface area contributed by atoms with Crippen LogP contribution in [-0.2, 0) is 26.2 Å². The highest BCUT2D eigenvalue weighted by molar-refractivity contribution is 7.92. The summed E-state index contributed by atoms with van der Waals surface area (Å²) in [5.41, 5.74) is 3.15. The van der Waals surface area contributed by atoms with Gasteiger partial charge in [-0.1, -0.05) is 54.4 Å². The summed E-state index contributed by atoms with van der Waals surface area (Å²) in [6.07, 6.45) is 2.31. The number of aryl methyl sites for hydroxylation is 1. The molecule has 36 heavy (non-hydrogen) atoms. The minimum Gasteiger partial charge on any atom is -0.352 e. The van der Waals surface area contributed by atoms with E-state index in [0.29, 0.717) is 29.2 Å². The van der Waals surface area contributed by atoms with Crippen LogP contribution in [0.4, 0.5) is 5.69 Å². The van der Waals surface area contributed by atoms with Crippen molar-refractivity contribution < 1.29 is 18.0 Å². The molecule has 9 heteroatoms. The predicted molar refractivity (Wildman–Crippen MR) is 147 cm³/mol. The van der Waals surface area contributed by atoms with Crippen LogP contribution < -0.4 is 9.62 Å². The Kier molecular flexibility index (Phi) is 10.8. The Bertz CT molecular complexity index is 1170. The topological polar surface area (TPSA) is 86.8 Å². The van der Waals surface area contributed by atoms with Crippen LogP contribution in [0.15, 0.2) is 42.5 Å². The lowest BCUT2D eigenvalue weighted by Gasteiger charge is -2.30. The van der Waals surface area contributed by atoms with Crippen molar-refractivity contribution in [3.8, 4) is 0 Å². The van der Waals surface area contributed by atoms with Gasteiger partial charge in [0.25, 0.3) is 0 Å². The highest BCUT2D eigenvalue weighted by Crippen LogP contribution is 2.28. The maximum Gasteiger partial charge on any atom is 0.242 e. The zero-order chi connectivity index (χ0) is 27.0. The first-order valence-corrected chi connectivity index (χ1v) is 14.5. The number of carbonyl (C=O) groups excluding carboxylic acids is 2. The molecule has 0 heterocycles. The van der Waals surface area contributed by atoms with Gasteiger partial charge in [0.2, 0.25) is 21.8 Å². The zero-order valence-corrected chi connectivity index (χ0v) is 23.6. The fourth-order valence-corrected chi connectivity index (χ4v) is 5.09. The number of rotatable bonds is 12. The Morgan fingerprint density at radius 2 is 1.75 bits per heavy atom. The van der Waals surface area contributed by atoms with E-state index in [1.807, 2.05) is 45.0 Å². The molecule has 0 bridgehead atoms. The van der Waals surface area contributed by atoms with Gasteiger partial charge in [-0.3, -0.25) is 13.9 Å². The highest BCUT2D eigenvalue weighted by atomic mass is 35.5. The van der Waals surface area contributed by atoms with Crippen LogP contribution in [0.1, 0.15) is 56.7 Å². The molecule has 7 nitrogen and oxygen atoms in total. The predicted octanol–water partition coefficient (Wildman–Crippen LogP) is 4.84. The van der Waals surface area contributed by atoms with Gasteiger partial charge in [0.1, 0.15) is 6.04 Å². The zero-order valence-electron chi connectivity index (χ0n) is 22.0. The number of nitrogens with zero attached hydrogens (tertiary/aromatic N) is 2. The Balaban J connectivity index is 2.21. The van der Waals surface area contributed by atoms with Gasteiger partial charge in [-0.25, -0.2) is 8.42 Å². The molecule has 0 saturated carbocycles. The van der Waals surface area contributed by atoms with Crippen molar-refractivity contribution in [2.75, 3.05) is 17.1 Å². The standard InChI is InChI=1S/C27H38ClN3O4S/c1-7-20(3)29-27(33)22(5)30(18-23-12-8-11-19(2)17-23)26(32)15-10-16-31(36(6,34)35)25-14-9-13-24(28)21(25)4/h8-9,11-14,17,20,22H,7,10,15-16,18H2,1-6H3,(H,29,33)/t20-,22-/m0/s1. The molecule has 0 unspecified atom stereocenters. The van der Waals surface area contributed by atoms with E-state index in [-0.39, 0.29) is 30.8 Å². The summed E-state index contributed by atoms with van der Waals surface area (Å²) in [6.45, 7) is 9.80. The number of nitrogens with one attached hydrogen (secondary N) is 1. The molecule has 2 rings (SSSR count). The monoisotopic (exact) mass is 535 g/mol. The van der Waals surface area contributed by atoms with Crippen LogP contribution in [0.5, 0.6) is 0 Å². The number of halogens is 1. The van der Waals surface area contributed by atoms with E-state index in [9.17, 15) is 18.0 Å². The number of hydrogen-bond acceptors (Lipinski definition) is 4. The van der Waals surface area contributed by atoms with Crippen LogP contribution in [0.25, 0.3) is 0 Å². The average Bonchev–Trinajstić information content (AvgIpc) is 2.81. The molecule has 0 fully saturated rings. The molecular weight excluding hydrogens is 498 g/mol. The molecule has 198 valence electrons. The van der Waals surface area contributed by atoms with Gasteiger partial charge >= 0.3 is 0 Å². The summed E-state index contributed by atoms with van der Waals surface area (Å²) in [5.74, 6) is -0.419. The number of benzene rings is 2. The Morgan fingerprint density at radius 3 is 2.36 bits per heavy atom. The average molecular weight is 536 g/mol. The summed E-state index contributed by atoms with van der Waals surface area (Å²) in [5, 5.41) is 3.43. The third-order valence-electron chi connectivity index (χ3n) is 6.26. The lowest BCUT2D eigenvalue weighted by atomic mass is 10.1. The van der Waals surface area contributed by atoms with E-state index in [2.05, 4.69) is 5.32 Å². The lowest BCUT2D eigenvalue weighted by molar-refractivity contribution is -0.140. The van der Waals surface area contributed by atoms with Crippen molar-refractivity contribution in [2.24, 2.45) is 0 Å². The van der Waals surface area contributed by atoms with Crippen molar-refractivity contribution in [2.45, 2.75) is 72.5 Å². The quantitative estimate of drug-likeness (QED) is 0.421. The van der Waals surface area contributed by atoms with Crippen molar-refractivity contribution in [1.29, 1.82) is 0 Å². The molecule has 0 aliphatic carbocycles. The van der Waals surface area contributed by atoms with E-state index in [1.54, 1.807) is 36.9 Å². The third kappa shape index (κ3) is 8.23. The maximum atomic E-state index is 13.4. The number of anilines is 1. The fraction of sp³-hybridized carbons (Fsp3) is 0.481. The molecule has 0 aliphatic heterocycles. The molecular formula is C27H38ClN3O4S. The normalized spacial score (nSPS) is 13.1. The SMILES string of the molecule is CC[C@H](C)NC(=O)[C@H](C)N(Cc1cccc(C)c1)C(=O)CCCN(c1cccc(Cl)c1C)S(C)(=O)=O. The van der Waals surface area contributed by atoms with Gasteiger partial charge in [-0.2, -0.15) is 0 Å². The lowest BCUT2D eigenvalue weighted by Crippen LogP contribution is -2.49. The highest BCUT2D eigenvalue weighted by Gasteiger charge is 2.27. The number of amides is 2. The molecule has 2 amide bonds. The number of carbonyl (C=O) groups is 2. The van der Waals surface area contributed by atoms with Crippen LogP contribution in [0, 0.1) is 13.8 Å². The van der Waals surface area contributed by atoms with Crippen LogP contribution in [0.3, 0.4) is 0 Å². The second kappa shape index (κ2) is 13.1. The fourth-order valence-electron chi connectivity index (χ4n) is 3.90. The maximum absolute atomic E-state index is 13.4. The molecule has 0 spiro atoms. The first kappa shape index (κ1) is 29.6. The van der Waals surface area contributed by atoms with Gasteiger partial charge in [-0.05, 0) is 63.8 Å². The molecule has 0 aromatic heterocycles. The Morgan fingerprint density at radius 1 is 1.08 bits per heavy atom. The summed E-state index contributed by atoms with van der Waals surface area (Å²) < 4.78 is 26.4. The van der Waals surface area contributed by atoms with Crippen LogP contribution in [-0.4, -0.2) is 50.0 Å². The molecule has 0 radical (unpaired) electrons. The summed E-state index contributed by atoms with van der Waals surface area (Å²) in [4.78, 5) is 27.8. The molecule has 1 N–H and O–H groups in total. The second-order valence-corrected chi connectivity index (χ2v) is 11.6. The van der Waals surface area contributed by atoms with E-state index in [4.69, 9.17) is 11.6 Å². The van der Waals surface area contributed by atoms with E-state index in [1.165, 1.54) is 4.31 Å². The largest absolute Gasteiger partial charge is 0.352 e. The van der Waals surface area contributed by atoms with Gasteiger partial charge in [0.05, 0.1) is 11.9 Å². The number of sulfonamides is 1. The van der Waals surface area contributed by atoms with Crippen molar-refractivity contribution in [3.05, 3.63) is 64.2 Å². The third-order valence-corrected chi connectivity index (χ3v) is 7.85. The minimum absolute atomic E-state index is 0.000117. The van der Waals surface area contributed by atoms with Gasteiger partial charge in [-0.15, -0.1) is 0 Å². The van der Waals surface area contributed by atoms with Crippen LogP contribution in [0.2, 0.25) is 5.02 Å². The van der Waals surface area contributed by atoms with Crippen LogP contribution >= 0.6 is 11.6 Å². The van der Waals surface area contributed by atoms with Gasteiger partial charge in [0.15, 0.2) is 0 Å². The minimum atomic E-state index is -3.59. The second-order valence-electron chi connectivity index (χ2n) is 9.33. The first-order chi connectivity index (χ1) is 16.8. The molecule has 0 saturated heterocycles. The molecule has 2 atom stereocenters. The van der Waals surface area contributed by atoms with Crippen molar-refractivity contribution in [3.63, 3.8) is 0 Å². The van der Waals surface area contributed by atoms with E-state index < -0.39 is 16.1 Å². The van der Waals surface area contributed by atoms with Crippen molar-refractivity contribution >= 4 is 39.1 Å². The van der Waals surface area contributed by atoms with Gasteiger partial charge < -0.3 is 10.2 Å². The summed E-state index contributed by atoms with van der Waals surface area (Å²) >= 11 is 6.21.